The lowest BCUT2D eigenvalue weighted by atomic mass is 10.0. The van der Waals surface area contributed by atoms with Crippen LogP contribution in [0.25, 0.3) is 0 Å². The molecule has 132 valence electrons. The van der Waals surface area contributed by atoms with Crippen molar-refractivity contribution >= 4 is 43.5 Å². The minimum Gasteiger partial charge on any atom is -0.483 e. The molecule has 0 bridgehead atoms. The van der Waals surface area contributed by atoms with Gasteiger partial charge in [0.15, 0.2) is 6.61 Å². The Morgan fingerprint density at radius 2 is 1.84 bits per heavy atom. The molecule has 25 heavy (non-hydrogen) atoms. The summed E-state index contributed by atoms with van der Waals surface area (Å²) in [4.78, 5) is 11.9. The van der Waals surface area contributed by atoms with Crippen LogP contribution in [0.15, 0.2) is 56.5 Å². The topological polar surface area (TPSA) is 50.7 Å². The first kappa shape index (κ1) is 19.7. The number of nitrogens with zero attached hydrogens (tertiary/aromatic N) is 1. The van der Waals surface area contributed by atoms with E-state index in [9.17, 15) is 4.79 Å². The molecule has 0 saturated carbocycles. The molecule has 0 aliphatic carbocycles. The third-order valence-corrected chi connectivity index (χ3v) is 4.74. The molecule has 6 heteroatoms. The Kier molecular flexibility index (Phi) is 7.20. The molecular weight excluding hydrogens is 448 g/mol. The minimum atomic E-state index is -0.309. The summed E-state index contributed by atoms with van der Waals surface area (Å²) < 4.78 is 7.38. The molecule has 0 spiro atoms. The van der Waals surface area contributed by atoms with Crippen molar-refractivity contribution in [1.29, 1.82) is 0 Å². The van der Waals surface area contributed by atoms with Crippen LogP contribution in [0.3, 0.4) is 0 Å². The summed E-state index contributed by atoms with van der Waals surface area (Å²) in [6.07, 6.45) is 0. The highest BCUT2D eigenvalue weighted by atomic mass is 79.9. The first-order valence-electron chi connectivity index (χ1n) is 7.88. The van der Waals surface area contributed by atoms with Gasteiger partial charge in [0.2, 0.25) is 0 Å². The van der Waals surface area contributed by atoms with Gasteiger partial charge in [0.1, 0.15) is 5.75 Å². The van der Waals surface area contributed by atoms with Crippen molar-refractivity contribution in [2.75, 3.05) is 6.61 Å². The summed E-state index contributed by atoms with van der Waals surface area (Å²) in [6.45, 7) is 5.99. The Bertz CT molecular complexity index is 771. The molecular formula is C19H20Br2N2O2. The molecule has 2 aromatic carbocycles. The lowest BCUT2D eigenvalue weighted by Gasteiger charge is -2.11. The molecule has 2 rings (SSSR count). The van der Waals surface area contributed by atoms with E-state index in [0.29, 0.717) is 11.7 Å². The number of hydrogen-bond acceptors (Lipinski definition) is 3. The zero-order valence-corrected chi connectivity index (χ0v) is 17.5. The number of hydrazone groups is 1. The molecule has 0 heterocycles. The Labute approximate surface area is 164 Å². The lowest BCUT2D eigenvalue weighted by Crippen LogP contribution is -2.25. The number of benzene rings is 2. The van der Waals surface area contributed by atoms with Gasteiger partial charge in [0.05, 0.1) is 10.2 Å². The second-order valence-electron chi connectivity index (χ2n) is 5.87. The van der Waals surface area contributed by atoms with E-state index in [1.807, 2.05) is 49.4 Å². The predicted octanol–water partition coefficient (Wildman–Crippen LogP) is 5.25. The lowest BCUT2D eigenvalue weighted by molar-refractivity contribution is -0.123. The van der Waals surface area contributed by atoms with Crippen LogP contribution in [-0.2, 0) is 4.79 Å². The van der Waals surface area contributed by atoms with Gasteiger partial charge in [0.25, 0.3) is 5.91 Å². The first-order chi connectivity index (χ1) is 11.9. The predicted molar refractivity (Wildman–Crippen MR) is 108 cm³/mol. The number of hydrogen-bond donors (Lipinski definition) is 1. The average molecular weight is 468 g/mol. The largest absolute Gasteiger partial charge is 0.483 e. The van der Waals surface area contributed by atoms with E-state index in [0.717, 1.165) is 20.2 Å². The van der Waals surface area contributed by atoms with Gasteiger partial charge in [-0.05, 0) is 64.2 Å². The second-order valence-corrected chi connectivity index (χ2v) is 7.64. The number of carbonyl (C=O) groups excluding carboxylic acids is 1. The summed E-state index contributed by atoms with van der Waals surface area (Å²) in [5, 5.41) is 4.11. The molecule has 4 nitrogen and oxygen atoms in total. The molecule has 0 radical (unpaired) electrons. The number of rotatable bonds is 6. The van der Waals surface area contributed by atoms with E-state index >= 15 is 0 Å². The molecule has 0 unspecified atom stereocenters. The molecule has 0 aliphatic rings. The van der Waals surface area contributed by atoms with Gasteiger partial charge in [-0.3, -0.25) is 4.79 Å². The quantitative estimate of drug-likeness (QED) is 0.465. The van der Waals surface area contributed by atoms with Crippen molar-refractivity contribution in [3.63, 3.8) is 0 Å². The molecule has 1 amide bonds. The van der Waals surface area contributed by atoms with Crippen molar-refractivity contribution in [2.45, 2.75) is 26.7 Å². The Balaban J connectivity index is 1.90. The average Bonchev–Trinajstić information content (AvgIpc) is 2.59. The Morgan fingerprint density at radius 1 is 1.16 bits per heavy atom. The van der Waals surface area contributed by atoms with E-state index in [2.05, 4.69) is 56.2 Å². The SMILES string of the molecule is CC(=NNC(=O)COc1ccc(C(C)C)cc1Br)c1ccc(Br)cc1. The van der Waals surface area contributed by atoms with Crippen LogP contribution in [0.1, 0.15) is 37.8 Å². The summed E-state index contributed by atoms with van der Waals surface area (Å²) in [7, 11) is 0. The van der Waals surface area contributed by atoms with Gasteiger partial charge in [-0.2, -0.15) is 5.10 Å². The smallest absolute Gasteiger partial charge is 0.277 e. The van der Waals surface area contributed by atoms with Gasteiger partial charge >= 0.3 is 0 Å². The Morgan fingerprint density at radius 3 is 2.44 bits per heavy atom. The van der Waals surface area contributed by atoms with Crippen molar-refractivity contribution < 1.29 is 9.53 Å². The zero-order valence-electron chi connectivity index (χ0n) is 14.3. The van der Waals surface area contributed by atoms with Crippen molar-refractivity contribution in [3.05, 3.63) is 62.5 Å². The van der Waals surface area contributed by atoms with E-state index in [1.54, 1.807) is 0 Å². The number of nitrogens with one attached hydrogen (secondary N) is 1. The fourth-order valence-corrected chi connectivity index (χ4v) is 2.85. The molecule has 0 saturated heterocycles. The van der Waals surface area contributed by atoms with E-state index in [4.69, 9.17) is 4.74 Å². The molecule has 2 aromatic rings. The zero-order chi connectivity index (χ0) is 18.4. The Hall–Kier alpha value is -1.66. The first-order valence-corrected chi connectivity index (χ1v) is 9.46. The van der Waals surface area contributed by atoms with Crippen LogP contribution in [0.5, 0.6) is 5.75 Å². The van der Waals surface area contributed by atoms with Crippen LogP contribution < -0.4 is 10.2 Å². The monoisotopic (exact) mass is 466 g/mol. The maximum atomic E-state index is 11.9. The normalized spacial score (nSPS) is 11.5. The summed E-state index contributed by atoms with van der Waals surface area (Å²) in [5.41, 5.74) is 5.39. The van der Waals surface area contributed by atoms with E-state index < -0.39 is 0 Å². The van der Waals surface area contributed by atoms with Crippen molar-refractivity contribution in [1.82, 2.24) is 5.43 Å². The third-order valence-electron chi connectivity index (χ3n) is 3.59. The van der Waals surface area contributed by atoms with Gasteiger partial charge in [-0.25, -0.2) is 5.43 Å². The van der Waals surface area contributed by atoms with Crippen LogP contribution in [-0.4, -0.2) is 18.2 Å². The number of carbonyl (C=O) groups is 1. The number of halogens is 2. The minimum absolute atomic E-state index is 0.100. The molecule has 0 fully saturated rings. The van der Waals surface area contributed by atoms with E-state index in [-0.39, 0.29) is 12.5 Å². The molecule has 0 atom stereocenters. The summed E-state index contributed by atoms with van der Waals surface area (Å²) >= 11 is 6.86. The number of amides is 1. The highest BCUT2D eigenvalue weighted by Crippen LogP contribution is 2.28. The number of ether oxygens (including phenoxy) is 1. The van der Waals surface area contributed by atoms with Gasteiger partial charge in [-0.1, -0.05) is 48.0 Å². The molecule has 0 aromatic heterocycles. The summed E-state index contributed by atoms with van der Waals surface area (Å²) in [5.74, 6) is 0.758. The maximum absolute atomic E-state index is 11.9. The highest BCUT2D eigenvalue weighted by molar-refractivity contribution is 9.10. The highest BCUT2D eigenvalue weighted by Gasteiger charge is 2.08. The standard InChI is InChI=1S/C19H20Br2N2O2/c1-12(2)15-6-9-18(17(21)10-15)25-11-19(24)23-22-13(3)14-4-7-16(20)8-5-14/h4-10,12H,11H2,1-3H3,(H,23,24). The van der Waals surface area contributed by atoms with Crippen molar-refractivity contribution in [2.24, 2.45) is 5.10 Å². The third kappa shape index (κ3) is 5.97. The van der Waals surface area contributed by atoms with Crippen LogP contribution in [0, 0.1) is 0 Å². The van der Waals surface area contributed by atoms with Crippen LogP contribution >= 0.6 is 31.9 Å². The van der Waals surface area contributed by atoms with Gasteiger partial charge in [0, 0.05) is 4.47 Å². The second kappa shape index (κ2) is 9.15. The van der Waals surface area contributed by atoms with Gasteiger partial charge in [-0.15, -0.1) is 0 Å². The van der Waals surface area contributed by atoms with Gasteiger partial charge < -0.3 is 4.74 Å². The van der Waals surface area contributed by atoms with Crippen LogP contribution in [0.2, 0.25) is 0 Å². The fraction of sp³-hybridized carbons (Fsp3) is 0.263. The maximum Gasteiger partial charge on any atom is 0.277 e. The van der Waals surface area contributed by atoms with Crippen LogP contribution in [0.4, 0.5) is 0 Å². The molecule has 0 aliphatic heterocycles. The summed E-state index contributed by atoms with van der Waals surface area (Å²) in [6, 6.07) is 13.6. The molecule has 1 N–H and O–H groups in total. The fourth-order valence-electron chi connectivity index (χ4n) is 2.07. The van der Waals surface area contributed by atoms with E-state index in [1.165, 1.54) is 5.56 Å². The van der Waals surface area contributed by atoms with Crippen molar-refractivity contribution in [3.8, 4) is 5.75 Å².